The van der Waals surface area contributed by atoms with Gasteiger partial charge in [-0.3, -0.25) is 9.69 Å². The van der Waals surface area contributed by atoms with E-state index in [0.29, 0.717) is 5.92 Å². The Bertz CT molecular complexity index is 624. The Balaban J connectivity index is 1.59. The highest BCUT2D eigenvalue weighted by Gasteiger charge is 2.32. The van der Waals surface area contributed by atoms with E-state index >= 15 is 0 Å². The molecule has 1 amide bonds. The lowest BCUT2D eigenvalue weighted by Gasteiger charge is -2.33. The number of amides is 1. The number of rotatable bonds is 5. The second kappa shape index (κ2) is 7.36. The summed E-state index contributed by atoms with van der Waals surface area (Å²) in [5.74, 6) is 1.87. The third kappa shape index (κ3) is 4.55. The van der Waals surface area contributed by atoms with Gasteiger partial charge in [-0.1, -0.05) is 32.0 Å². The Morgan fingerprint density at radius 2 is 2.20 bits per heavy atom. The molecule has 138 valence electrons. The van der Waals surface area contributed by atoms with E-state index in [0.717, 1.165) is 38.3 Å². The molecule has 3 rings (SSSR count). The van der Waals surface area contributed by atoms with Crippen molar-refractivity contribution in [3.63, 3.8) is 0 Å². The van der Waals surface area contributed by atoms with E-state index in [1.165, 1.54) is 24.0 Å². The molecule has 0 spiro atoms. The van der Waals surface area contributed by atoms with Crippen LogP contribution in [0.15, 0.2) is 18.2 Å². The molecule has 0 bridgehead atoms. The molecule has 2 aliphatic heterocycles. The van der Waals surface area contributed by atoms with Gasteiger partial charge in [0.05, 0.1) is 0 Å². The molecule has 1 atom stereocenters. The summed E-state index contributed by atoms with van der Waals surface area (Å²) in [5, 5.41) is 3.10. The van der Waals surface area contributed by atoms with Gasteiger partial charge in [0.25, 0.3) is 0 Å². The van der Waals surface area contributed by atoms with Crippen LogP contribution in [0.2, 0.25) is 0 Å². The summed E-state index contributed by atoms with van der Waals surface area (Å²) in [7, 11) is 0. The van der Waals surface area contributed by atoms with E-state index in [1.54, 1.807) is 0 Å². The van der Waals surface area contributed by atoms with Gasteiger partial charge in [0.2, 0.25) is 5.91 Å². The first kappa shape index (κ1) is 18.2. The number of benzene rings is 1. The highest BCUT2D eigenvalue weighted by molar-refractivity contribution is 5.77. The fraction of sp³-hybridized carbons (Fsp3) is 0.667. The van der Waals surface area contributed by atoms with Gasteiger partial charge in [-0.2, -0.15) is 0 Å². The number of piperidine rings is 1. The van der Waals surface area contributed by atoms with Crippen LogP contribution in [-0.4, -0.2) is 36.0 Å². The van der Waals surface area contributed by atoms with Crippen LogP contribution in [0.3, 0.4) is 0 Å². The van der Waals surface area contributed by atoms with Gasteiger partial charge < -0.3 is 10.1 Å². The van der Waals surface area contributed by atoms with Crippen LogP contribution in [0.25, 0.3) is 0 Å². The van der Waals surface area contributed by atoms with Gasteiger partial charge in [0.15, 0.2) is 0 Å². The average Bonchev–Trinajstić information content (AvgIpc) is 2.88. The number of para-hydroxylation sites is 1. The highest BCUT2D eigenvalue weighted by atomic mass is 16.5. The van der Waals surface area contributed by atoms with E-state index < -0.39 is 0 Å². The fourth-order valence-corrected chi connectivity index (χ4v) is 3.96. The second-order valence-electron chi connectivity index (χ2n) is 8.59. The Kier molecular flexibility index (Phi) is 5.38. The molecule has 1 saturated heterocycles. The number of ether oxygens (including phenoxy) is 1. The summed E-state index contributed by atoms with van der Waals surface area (Å²) in [4.78, 5) is 14.3. The van der Waals surface area contributed by atoms with E-state index in [1.807, 2.05) is 13.8 Å². The van der Waals surface area contributed by atoms with Crippen LogP contribution in [0.5, 0.6) is 5.75 Å². The number of hydrogen-bond donors (Lipinski definition) is 1. The van der Waals surface area contributed by atoms with E-state index in [2.05, 4.69) is 42.3 Å². The summed E-state index contributed by atoms with van der Waals surface area (Å²) >= 11 is 0. The average molecular weight is 344 g/mol. The number of fused-ring (bicyclic) bond motifs is 1. The maximum Gasteiger partial charge on any atom is 0.222 e. The molecule has 0 saturated carbocycles. The summed E-state index contributed by atoms with van der Waals surface area (Å²) in [6.45, 7) is 12.1. The first-order chi connectivity index (χ1) is 11.8. The largest absolute Gasteiger partial charge is 0.487 e. The van der Waals surface area contributed by atoms with Crippen molar-refractivity contribution < 1.29 is 9.53 Å². The van der Waals surface area contributed by atoms with Crippen molar-refractivity contribution in [2.75, 3.05) is 19.6 Å². The van der Waals surface area contributed by atoms with E-state index in [4.69, 9.17) is 4.74 Å². The summed E-state index contributed by atoms with van der Waals surface area (Å²) in [6.07, 6.45) is 3.38. The minimum Gasteiger partial charge on any atom is -0.487 e. The maximum absolute atomic E-state index is 11.8. The monoisotopic (exact) mass is 344 g/mol. The summed E-state index contributed by atoms with van der Waals surface area (Å²) in [6, 6.07) is 6.54. The van der Waals surface area contributed by atoms with Gasteiger partial charge in [-0.25, -0.2) is 0 Å². The molecule has 4 heteroatoms. The molecule has 4 nitrogen and oxygen atoms in total. The lowest BCUT2D eigenvalue weighted by atomic mass is 9.96. The molecular weight excluding hydrogens is 312 g/mol. The molecule has 0 radical (unpaired) electrons. The van der Waals surface area contributed by atoms with Crippen LogP contribution in [0, 0.1) is 11.8 Å². The number of hydrogen-bond acceptors (Lipinski definition) is 3. The van der Waals surface area contributed by atoms with Gasteiger partial charge in [0, 0.05) is 37.5 Å². The van der Waals surface area contributed by atoms with Crippen molar-refractivity contribution in [1.29, 1.82) is 0 Å². The molecule has 1 fully saturated rings. The minimum atomic E-state index is -0.0933. The SMILES string of the molecule is CC(C)C(=O)NCC1CCCN(Cc2cccc3c2OC(C)(C)C3)C1. The molecular formula is C21H32N2O2. The predicted octanol–water partition coefficient (Wildman–Crippen LogP) is 3.38. The van der Waals surface area contributed by atoms with Crippen molar-refractivity contribution in [3.05, 3.63) is 29.3 Å². The van der Waals surface area contributed by atoms with E-state index in [9.17, 15) is 4.79 Å². The minimum absolute atomic E-state index is 0.0621. The first-order valence-electron chi connectivity index (χ1n) is 9.64. The third-order valence-electron chi connectivity index (χ3n) is 5.26. The Morgan fingerprint density at radius 3 is 2.96 bits per heavy atom. The number of carbonyl (C=O) groups excluding carboxylic acids is 1. The lowest BCUT2D eigenvalue weighted by molar-refractivity contribution is -0.124. The Morgan fingerprint density at radius 1 is 1.40 bits per heavy atom. The molecule has 0 aromatic heterocycles. The summed E-state index contributed by atoms with van der Waals surface area (Å²) in [5.41, 5.74) is 2.54. The molecule has 1 N–H and O–H groups in total. The molecule has 1 aromatic rings. The molecule has 25 heavy (non-hydrogen) atoms. The van der Waals surface area contributed by atoms with Crippen molar-refractivity contribution in [3.8, 4) is 5.75 Å². The first-order valence-corrected chi connectivity index (χ1v) is 9.64. The van der Waals surface area contributed by atoms with Gasteiger partial charge >= 0.3 is 0 Å². The zero-order valence-corrected chi connectivity index (χ0v) is 16.1. The van der Waals surface area contributed by atoms with Crippen LogP contribution < -0.4 is 10.1 Å². The van der Waals surface area contributed by atoms with Crippen molar-refractivity contribution in [1.82, 2.24) is 10.2 Å². The summed E-state index contributed by atoms with van der Waals surface area (Å²) < 4.78 is 6.22. The molecule has 1 aromatic carbocycles. The van der Waals surface area contributed by atoms with Crippen molar-refractivity contribution in [2.24, 2.45) is 11.8 Å². The highest BCUT2D eigenvalue weighted by Crippen LogP contribution is 2.38. The fourth-order valence-electron chi connectivity index (χ4n) is 3.96. The Labute approximate surface area is 151 Å². The van der Waals surface area contributed by atoms with Crippen molar-refractivity contribution in [2.45, 2.75) is 59.1 Å². The number of nitrogens with one attached hydrogen (secondary N) is 1. The van der Waals surface area contributed by atoms with Gasteiger partial charge in [0.1, 0.15) is 11.4 Å². The van der Waals surface area contributed by atoms with Crippen LogP contribution in [-0.2, 0) is 17.8 Å². The van der Waals surface area contributed by atoms with Crippen LogP contribution in [0.1, 0.15) is 51.7 Å². The molecule has 1 unspecified atom stereocenters. The van der Waals surface area contributed by atoms with Crippen LogP contribution in [0.4, 0.5) is 0 Å². The molecule has 2 aliphatic rings. The standard InChI is InChI=1S/C21H32N2O2/c1-15(2)20(24)22-12-16-7-6-10-23(13-16)14-18-9-5-8-17-11-21(3,4)25-19(17)18/h5,8-9,15-16H,6-7,10-14H2,1-4H3,(H,22,24). The topological polar surface area (TPSA) is 41.6 Å². The smallest absolute Gasteiger partial charge is 0.222 e. The third-order valence-corrected chi connectivity index (χ3v) is 5.26. The quantitative estimate of drug-likeness (QED) is 0.890. The van der Waals surface area contributed by atoms with Gasteiger partial charge in [-0.05, 0) is 44.7 Å². The lowest BCUT2D eigenvalue weighted by Crippen LogP contribution is -2.41. The number of carbonyl (C=O) groups is 1. The van der Waals surface area contributed by atoms with Crippen LogP contribution >= 0.6 is 0 Å². The maximum atomic E-state index is 11.8. The zero-order valence-electron chi connectivity index (χ0n) is 16.1. The zero-order chi connectivity index (χ0) is 18.0. The number of likely N-dealkylation sites (tertiary alicyclic amines) is 1. The van der Waals surface area contributed by atoms with Gasteiger partial charge in [-0.15, -0.1) is 0 Å². The number of nitrogens with zero attached hydrogens (tertiary/aromatic N) is 1. The normalized spacial score (nSPS) is 22.5. The molecule has 2 heterocycles. The van der Waals surface area contributed by atoms with Crippen molar-refractivity contribution >= 4 is 5.91 Å². The van der Waals surface area contributed by atoms with E-state index in [-0.39, 0.29) is 17.4 Å². The second-order valence-corrected chi connectivity index (χ2v) is 8.59. The Hall–Kier alpha value is -1.55. The predicted molar refractivity (Wildman–Crippen MR) is 101 cm³/mol. The molecule has 0 aliphatic carbocycles.